The fourth-order valence-electron chi connectivity index (χ4n) is 2.59. The van der Waals surface area contributed by atoms with Crippen molar-refractivity contribution in [2.45, 2.75) is 24.7 Å². The van der Waals surface area contributed by atoms with Gasteiger partial charge in [-0.1, -0.05) is 13.3 Å². The smallest absolute Gasteiger partial charge is 0.271 e. The van der Waals surface area contributed by atoms with Gasteiger partial charge in [-0.3, -0.25) is 19.6 Å². The molecule has 0 heterocycles. The van der Waals surface area contributed by atoms with E-state index in [1.807, 2.05) is 6.92 Å². The third-order valence-corrected chi connectivity index (χ3v) is 5.62. The first-order valence-electron chi connectivity index (χ1n) is 8.90. The van der Waals surface area contributed by atoms with E-state index in [1.54, 1.807) is 11.9 Å². The van der Waals surface area contributed by atoms with Crippen LogP contribution in [0.4, 0.5) is 11.4 Å². The summed E-state index contributed by atoms with van der Waals surface area (Å²) in [6, 6.07) is 9.10. The lowest BCUT2D eigenvalue weighted by molar-refractivity contribution is -0.384. The number of methoxy groups -OCH3 is 1. The van der Waals surface area contributed by atoms with Crippen LogP contribution in [0, 0.1) is 10.1 Å². The van der Waals surface area contributed by atoms with Crippen LogP contribution >= 0.6 is 0 Å². The van der Waals surface area contributed by atoms with E-state index in [4.69, 9.17) is 4.74 Å². The number of nitro benzene ring substituents is 1. The van der Waals surface area contributed by atoms with Crippen molar-refractivity contribution in [3.63, 3.8) is 0 Å². The zero-order chi connectivity index (χ0) is 21.6. The molecule has 156 valence electrons. The Kier molecular flexibility index (Phi) is 7.16. The number of non-ortho nitro benzene ring substituents is 1. The maximum atomic E-state index is 12.7. The number of ether oxygens (including phenoxy) is 1. The van der Waals surface area contributed by atoms with E-state index in [1.165, 1.54) is 43.5 Å². The molecule has 1 amide bonds. The van der Waals surface area contributed by atoms with Crippen molar-refractivity contribution >= 4 is 27.3 Å². The molecule has 2 aromatic carbocycles. The highest BCUT2D eigenvalue weighted by molar-refractivity contribution is 7.92. The number of sulfonamides is 1. The molecular formula is C19H23N3O6S. The van der Waals surface area contributed by atoms with E-state index in [-0.39, 0.29) is 27.9 Å². The minimum Gasteiger partial charge on any atom is -0.495 e. The monoisotopic (exact) mass is 421 g/mol. The molecule has 9 nitrogen and oxygen atoms in total. The van der Waals surface area contributed by atoms with Gasteiger partial charge in [-0.2, -0.15) is 0 Å². The number of carbonyl (C=O) groups is 1. The molecule has 0 radical (unpaired) electrons. The van der Waals surface area contributed by atoms with Crippen molar-refractivity contribution in [3.05, 3.63) is 58.1 Å². The number of hydrogen-bond donors (Lipinski definition) is 1. The number of nitrogens with one attached hydrogen (secondary N) is 1. The summed E-state index contributed by atoms with van der Waals surface area (Å²) in [5.41, 5.74) is 0.0381. The van der Waals surface area contributed by atoms with Gasteiger partial charge in [-0.15, -0.1) is 0 Å². The van der Waals surface area contributed by atoms with Gasteiger partial charge in [0, 0.05) is 31.3 Å². The van der Waals surface area contributed by atoms with E-state index >= 15 is 0 Å². The number of amides is 1. The molecule has 0 aliphatic carbocycles. The molecule has 0 bridgehead atoms. The molecule has 0 spiro atoms. The molecule has 0 aliphatic heterocycles. The van der Waals surface area contributed by atoms with Gasteiger partial charge in [0.15, 0.2) is 0 Å². The second-order valence-electron chi connectivity index (χ2n) is 6.35. The van der Waals surface area contributed by atoms with Gasteiger partial charge in [0.05, 0.1) is 22.6 Å². The molecular weight excluding hydrogens is 398 g/mol. The topological polar surface area (TPSA) is 119 Å². The Morgan fingerprint density at radius 1 is 1.21 bits per heavy atom. The van der Waals surface area contributed by atoms with Crippen LogP contribution in [0.3, 0.4) is 0 Å². The zero-order valence-electron chi connectivity index (χ0n) is 16.4. The Morgan fingerprint density at radius 3 is 2.41 bits per heavy atom. The average Bonchev–Trinajstić information content (AvgIpc) is 2.71. The van der Waals surface area contributed by atoms with Gasteiger partial charge >= 0.3 is 0 Å². The van der Waals surface area contributed by atoms with Crippen molar-refractivity contribution in [2.75, 3.05) is 25.4 Å². The zero-order valence-corrected chi connectivity index (χ0v) is 17.2. The average molecular weight is 421 g/mol. The Balaban J connectivity index is 2.25. The largest absolute Gasteiger partial charge is 0.495 e. The summed E-state index contributed by atoms with van der Waals surface area (Å²) in [6.45, 7) is 2.64. The predicted octanol–water partition coefficient (Wildman–Crippen LogP) is 3.28. The highest BCUT2D eigenvalue weighted by atomic mass is 32.2. The maximum absolute atomic E-state index is 12.7. The number of rotatable bonds is 9. The summed E-state index contributed by atoms with van der Waals surface area (Å²) in [4.78, 5) is 24.2. The van der Waals surface area contributed by atoms with Crippen molar-refractivity contribution in [3.8, 4) is 5.75 Å². The van der Waals surface area contributed by atoms with Crippen molar-refractivity contribution in [1.29, 1.82) is 0 Å². The molecule has 0 unspecified atom stereocenters. The first-order chi connectivity index (χ1) is 13.7. The van der Waals surface area contributed by atoms with Crippen LogP contribution in [0.15, 0.2) is 47.4 Å². The molecule has 2 aromatic rings. The Bertz CT molecular complexity index is 990. The van der Waals surface area contributed by atoms with Crippen LogP contribution in [0.1, 0.15) is 30.1 Å². The van der Waals surface area contributed by atoms with Crippen LogP contribution in [0.5, 0.6) is 5.75 Å². The molecule has 0 fully saturated rings. The standard InChI is InChI=1S/C19H23N3O6S/c1-4-5-12-21(2)19(23)14-6-9-16(10-7-14)29(26,27)20-17-13-15(22(24)25)8-11-18(17)28-3/h6-11,13,20H,4-5,12H2,1-3H3. The summed E-state index contributed by atoms with van der Waals surface area (Å²) in [5.74, 6) is -0.0563. The third kappa shape index (κ3) is 5.44. The highest BCUT2D eigenvalue weighted by Gasteiger charge is 2.20. The summed E-state index contributed by atoms with van der Waals surface area (Å²) in [7, 11) is -1.02. The molecule has 2 rings (SSSR count). The van der Waals surface area contributed by atoms with E-state index in [9.17, 15) is 23.3 Å². The summed E-state index contributed by atoms with van der Waals surface area (Å²) in [6.07, 6.45) is 1.84. The van der Waals surface area contributed by atoms with Crippen LogP contribution in [-0.2, 0) is 10.0 Å². The molecule has 0 saturated heterocycles. The maximum Gasteiger partial charge on any atom is 0.271 e. The Hall–Kier alpha value is -3.14. The fraction of sp³-hybridized carbons (Fsp3) is 0.316. The molecule has 1 N–H and O–H groups in total. The van der Waals surface area contributed by atoms with Gasteiger partial charge < -0.3 is 9.64 Å². The lowest BCUT2D eigenvalue weighted by Crippen LogP contribution is -2.27. The number of nitrogens with zero attached hydrogens (tertiary/aromatic N) is 2. The number of nitro groups is 1. The number of anilines is 1. The van der Waals surface area contributed by atoms with Crippen LogP contribution in [0.2, 0.25) is 0 Å². The summed E-state index contributed by atoms with van der Waals surface area (Å²) in [5, 5.41) is 11.0. The lowest BCUT2D eigenvalue weighted by atomic mass is 10.2. The number of benzene rings is 2. The van der Waals surface area contributed by atoms with Gasteiger partial charge in [0.25, 0.3) is 21.6 Å². The minimum absolute atomic E-state index is 0.0545. The van der Waals surface area contributed by atoms with E-state index in [0.29, 0.717) is 12.1 Å². The van der Waals surface area contributed by atoms with Gasteiger partial charge in [-0.25, -0.2) is 8.42 Å². The minimum atomic E-state index is -4.04. The highest BCUT2D eigenvalue weighted by Crippen LogP contribution is 2.30. The van der Waals surface area contributed by atoms with Crippen molar-refractivity contribution in [2.24, 2.45) is 0 Å². The second-order valence-corrected chi connectivity index (χ2v) is 8.03. The SMILES string of the molecule is CCCCN(C)C(=O)c1ccc(S(=O)(=O)Nc2cc([N+](=O)[O-])ccc2OC)cc1. The fourth-order valence-corrected chi connectivity index (χ4v) is 3.65. The Morgan fingerprint density at radius 2 is 1.86 bits per heavy atom. The van der Waals surface area contributed by atoms with Crippen molar-refractivity contribution < 1.29 is 22.9 Å². The van der Waals surface area contributed by atoms with Crippen molar-refractivity contribution in [1.82, 2.24) is 4.90 Å². The molecule has 29 heavy (non-hydrogen) atoms. The lowest BCUT2D eigenvalue weighted by Gasteiger charge is -2.17. The van der Waals surface area contributed by atoms with Crippen LogP contribution in [0.25, 0.3) is 0 Å². The first kappa shape index (κ1) is 22.2. The van der Waals surface area contributed by atoms with Gasteiger partial charge in [0.1, 0.15) is 5.75 Å². The predicted molar refractivity (Wildman–Crippen MR) is 109 cm³/mol. The Labute approximate surface area is 169 Å². The van der Waals surface area contributed by atoms with Gasteiger partial charge in [-0.05, 0) is 36.8 Å². The number of unbranched alkanes of at least 4 members (excludes halogenated alkanes) is 1. The van der Waals surface area contributed by atoms with E-state index in [2.05, 4.69) is 4.72 Å². The number of hydrogen-bond acceptors (Lipinski definition) is 6. The first-order valence-corrected chi connectivity index (χ1v) is 10.4. The summed E-state index contributed by atoms with van der Waals surface area (Å²) < 4.78 is 32.7. The summed E-state index contributed by atoms with van der Waals surface area (Å²) >= 11 is 0. The second kappa shape index (κ2) is 9.37. The molecule has 0 saturated carbocycles. The number of carbonyl (C=O) groups excluding carboxylic acids is 1. The van der Waals surface area contributed by atoms with Gasteiger partial charge in [0.2, 0.25) is 0 Å². The van der Waals surface area contributed by atoms with E-state index < -0.39 is 14.9 Å². The normalized spacial score (nSPS) is 11.0. The quantitative estimate of drug-likeness (QED) is 0.490. The molecule has 0 atom stereocenters. The third-order valence-electron chi connectivity index (χ3n) is 4.24. The van der Waals surface area contributed by atoms with E-state index in [0.717, 1.165) is 18.9 Å². The van der Waals surface area contributed by atoms with Crippen LogP contribution in [-0.4, -0.2) is 44.9 Å². The van der Waals surface area contributed by atoms with Crippen LogP contribution < -0.4 is 9.46 Å². The molecule has 0 aliphatic rings. The molecule has 10 heteroatoms. The molecule has 0 aromatic heterocycles.